The second-order valence-corrected chi connectivity index (χ2v) is 12.8. The van der Waals surface area contributed by atoms with Crippen LogP contribution < -0.4 is 10.6 Å². The van der Waals surface area contributed by atoms with E-state index in [0.29, 0.717) is 41.4 Å². The number of hydrogen-bond donors (Lipinski definition) is 3. The maximum Gasteiger partial charge on any atom is 0.261 e. The van der Waals surface area contributed by atoms with E-state index in [0.717, 1.165) is 46.0 Å². The van der Waals surface area contributed by atoms with Crippen molar-refractivity contribution in [3.05, 3.63) is 89.5 Å². The van der Waals surface area contributed by atoms with Crippen molar-refractivity contribution in [3.63, 3.8) is 0 Å². The molecule has 1 aliphatic heterocycles. The molecule has 3 aromatic carbocycles. The number of fused-ring (bicyclic) bond motifs is 1. The molecular formula is C36H39FN6O3. The Morgan fingerprint density at radius 3 is 2.65 bits per heavy atom. The van der Waals surface area contributed by atoms with E-state index in [1.165, 1.54) is 17.0 Å². The Labute approximate surface area is 267 Å². The van der Waals surface area contributed by atoms with E-state index < -0.39 is 11.7 Å². The van der Waals surface area contributed by atoms with E-state index in [2.05, 4.69) is 21.9 Å². The zero-order valence-corrected chi connectivity index (χ0v) is 26.6. The Kier molecular flexibility index (Phi) is 8.26. The number of nitrogens with two attached hydrogens (primary N) is 1. The molecule has 0 saturated carbocycles. The molecule has 9 nitrogen and oxygen atoms in total. The number of aliphatic hydroxyl groups is 1. The van der Waals surface area contributed by atoms with Gasteiger partial charge in [-0.2, -0.15) is 10.2 Å². The van der Waals surface area contributed by atoms with Gasteiger partial charge < -0.3 is 20.5 Å². The second kappa shape index (κ2) is 12.2. The highest BCUT2D eigenvalue weighted by molar-refractivity contribution is 6.09. The number of nitrogen functional groups attached to an aromatic ring is 1. The predicted molar refractivity (Wildman–Crippen MR) is 180 cm³/mol. The number of aliphatic hydroxyl groups excluding tert-OH is 1. The summed E-state index contributed by atoms with van der Waals surface area (Å²) in [4.78, 5) is 15.3. The number of H-pyrrole nitrogens is 1. The van der Waals surface area contributed by atoms with Gasteiger partial charge in [-0.25, -0.2) is 4.39 Å². The Morgan fingerprint density at radius 2 is 1.96 bits per heavy atom. The van der Waals surface area contributed by atoms with E-state index in [1.54, 1.807) is 19.2 Å². The third-order valence-electron chi connectivity index (χ3n) is 8.89. The smallest absolute Gasteiger partial charge is 0.261 e. The summed E-state index contributed by atoms with van der Waals surface area (Å²) >= 11 is 0. The zero-order chi connectivity index (χ0) is 32.7. The normalized spacial score (nSPS) is 14.1. The lowest BCUT2D eigenvalue weighted by Crippen LogP contribution is -2.29. The van der Waals surface area contributed by atoms with Gasteiger partial charge in [-0.05, 0) is 64.8 Å². The molecule has 238 valence electrons. The van der Waals surface area contributed by atoms with Gasteiger partial charge >= 0.3 is 0 Å². The average Bonchev–Trinajstić information content (AvgIpc) is 3.70. The first-order valence-electron chi connectivity index (χ1n) is 15.4. The number of halogens is 1. The number of anilines is 2. The lowest BCUT2D eigenvalue weighted by Gasteiger charge is -2.25. The Morgan fingerprint density at radius 1 is 1.20 bits per heavy atom. The highest BCUT2D eigenvalue weighted by Gasteiger charge is 2.27. The number of nitrogens with zero attached hydrogens (tertiary/aromatic N) is 4. The largest absolute Gasteiger partial charge is 0.392 e. The molecule has 1 aliphatic rings. The van der Waals surface area contributed by atoms with Gasteiger partial charge in [0.05, 0.1) is 29.9 Å². The van der Waals surface area contributed by atoms with Crippen LogP contribution in [0.4, 0.5) is 15.9 Å². The topological polar surface area (TPSA) is 122 Å². The van der Waals surface area contributed by atoms with Crippen LogP contribution in [0.3, 0.4) is 0 Å². The predicted octanol–water partition coefficient (Wildman–Crippen LogP) is 6.88. The zero-order valence-electron chi connectivity index (χ0n) is 26.6. The van der Waals surface area contributed by atoms with E-state index >= 15 is 4.39 Å². The number of rotatable bonds is 7. The van der Waals surface area contributed by atoms with Crippen LogP contribution >= 0.6 is 0 Å². The molecule has 10 heteroatoms. The van der Waals surface area contributed by atoms with Crippen LogP contribution in [-0.2, 0) is 16.8 Å². The fraction of sp³-hybridized carbons (Fsp3) is 0.306. The van der Waals surface area contributed by atoms with Crippen LogP contribution in [0.25, 0.3) is 39.2 Å². The molecule has 0 spiro atoms. The first kappa shape index (κ1) is 31.2. The Balaban J connectivity index is 1.43. The second-order valence-electron chi connectivity index (χ2n) is 12.8. The Hall–Kier alpha value is -4.80. The summed E-state index contributed by atoms with van der Waals surface area (Å²) in [6.45, 7) is 10.8. The van der Waals surface area contributed by atoms with Gasteiger partial charge in [-0.15, -0.1) is 0 Å². The molecule has 1 fully saturated rings. The monoisotopic (exact) mass is 622 g/mol. The highest BCUT2D eigenvalue weighted by atomic mass is 19.1. The molecular weight excluding hydrogens is 583 g/mol. The number of benzene rings is 3. The molecule has 4 N–H and O–H groups in total. The number of aromatic nitrogens is 4. The van der Waals surface area contributed by atoms with Gasteiger partial charge in [-0.1, -0.05) is 51.6 Å². The minimum Gasteiger partial charge on any atom is -0.392 e. The van der Waals surface area contributed by atoms with Crippen molar-refractivity contribution in [1.82, 2.24) is 20.0 Å². The van der Waals surface area contributed by atoms with E-state index in [4.69, 9.17) is 10.5 Å². The lowest BCUT2D eigenvalue weighted by atomic mass is 9.84. The van der Waals surface area contributed by atoms with Crippen molar-refractivity contribution in [3.8, 4) is 22.3 Å². The summed E-state index contributed by atoms with van der Waals surface area (Å²) in [6, 6.07) is 12.8. The molecule has 0 atom stereocenters. The Bertz CT molecular complexity index is 1950. The lowest BCUT2D eigenvalue weighted by molar-refractivity contribution is 0.0662. The summed E-state index contributed by atoms with van der Waals surface area (Å²) in [7, 11) is 1.58. The van der Waals surface area contributed by atoms with Crippen molar-refractivity contribution in [2.75, 3.05) is 30.9 Å². The number of carbonyl (C=O) groups excluding carboxylic acids is 1. The fourth-order valence-electron chi connectivity index (χ4n) is 6.20. The summed E-state index contributed by atoms with van der Waals surface area (Å²) in [6.07, 6.45) is 7.14. The van der Waals surface area contributed by atoms with Gasteiger partial charge in [0.25, 0.3) is 5.91 Å². The average molecular weight is 623 g/mol. The molecule has 0 unspecified atom stereocenters. The highest BCUT2D eigenvalue weighted by Crippen LogP contribution is 2.39. The van der Waals surface area contributed by atoms with Crippen molar-refractivity contribution in [2.24, 2.45) is 0 Å². The number of ether oxygens (including phenoxy) is 1. The molecule has 1 saturated heterocycles. The number of aromatic amines is 1. The van der Waals surface area contributed by atoms with Crippen LogP contribution in [0.15, 0.2) is 61.4 Å². The van der Waals surface area contributed by atoms with Crippen LogP contribution in [0.5, 0.6) is 0 Å². The summed E-state index contributed by atoms with van der Waals surface area (Å²) in [5, 5.41) is 23.4. The fourth-order valence-corrected chi connectivity index (χ4v) is 6.20. The molecule has 0 aliphatic carbocycles. The number of hydrogen-bond acceptors (Lipinski definition) is 6. The van der Waals surface area contributed by atoms with Crippen LogP contribution in [0.1, 0.15) is 66.7 Å². The molecule has 3 heterocycles. The van der Waals surface area contributed by atoms with Crippen LogP contribution in [0.2, 0.25) is 0 Å². The molecule has 6 rings (SSSR count). The van der Waals surface area contributed by atoms with Gasteiger partial charge in [0.15, 0.2) is 5.82 Å². The number of nitrogens with one attached hydrogen (secondary N) is 1. The van der Waals surface area contributed by atoms with Gasteiger partial charge in [0.1, 0.15) is 5.82 Å². The quantitative estimate of drug-likeness (QED) is 0.182. The molecule has 46 heavy (non-hydrogen) atoms. The van der Waals surface area contributed by atoms with Gasteiger partial charge in [0, 0.05) is 54.2 Å². The van der Waals surface area contributed by atoms with Crippen molar-refractivity contribution in [2.45, 2.75) is 51.7 Å². The first-order chi connectivity index (χ1) is 22.0. The number of amides is 1. The SMILES string of the molecule is C=Cc1cc(C(C)(C)C)cc(F)c1C(=O)N(C)c1cccc(-c2cc(-c3cnn(C4CCOCC4)c3)c3[nH]nc(N)c3c2)c1CO. The van der Waals surface area contributed by atoms with Crippen molar-refractivity contribution < 1.29 is 19.0 Å². The van der Waals surface area contributed by atoms with Crippen LogP contribution in [-0.4, -0.2) is 51.3 Å². The number of carbonyl (C=O) groups is 1. The molecule has 2 aromatic heterocycles. The molecule has 5 aromatic rings. The summed E-state index contributed by atoms with van der Waals surface area (Å²) < 4.78 is 23.1. The minimum atomic E-state index is -0.618. The van der Waals surface area contributed by atoms with E-state index in [1.807, 2.05) is 62.1 Å². The van der Waals surface area contributed by atoms with Gasteiger partial charge in [0.2, 0.25) is 0 Å². The molecule has 1 amide bonds. The maximum atomic E-state index is 15.6. The molecule has 0 bridgehead atoms. The van der Waals surface area contributed by atoms with Crippen molar-refractivity contribution in [1.29, 1.82) is 0 Å². The van der Waals surface area contributed by atoms with E-state index in [-0.39, 0.29) is 23.6 Å². The standard InChI is InChI=1S/C36H39FN6O3/c1-6-21-14-24(36(2,3)4)17-30(37)32(21)35(45)42(5)31-9-7-8-26(29(31)20-44)22-15-27(33-28(16-22)34(38)41-40-33)23-18-39-43(19-23)25-10-12-46-13-11-25/h6-9,14-19,25,44H,1,10-13,20H2,2-5H3,(H3,38,40,41). The van der Waals surface area contributed by atoms with Crippen molar-refractivity contribution >= 4 is 34.4 Å². The third-order valence-corrected chi connectivity index (χ3v) is 8.89. The third kappa shape index (κ3) is 5.59. The summed E-state index contributed by atoms with van der Waals surface area (Å²) in [5.74, 6) is -0.821. The molecule has 0 radical (unpaired) electrons. The van der Waals surface area contributed by atoms with Crippen LogP contribution in [0, 0.1) is 5.82 Å². The van der Waals surface area contributed by atoms with Gasteiger partial charge in [-0.3, -0.25) is 14.6 Å². The van der Waals surface area contributed by atoms with E-state index in [9.17, 15) is 9.90 Å². The first-order valence-corrected chi connectivity index (χ1v) is 15.4. The minimum absolute atomic E-state index is 0.0730. The maximum absolute atomic E-state index is 15.6. The summed E-state index contributed by atoms with van der Waals surface area (Å²) in [5.41, 5.74) is 12.0.